The second kappa shape index (κ2) is 5.99. The molecule has 0 amide bonds. The van der Waals surface area contributed by atoms with Gasteiger partial charge in [-0.25, -0.2) is 0 Å². The molecule has 2 heteroatoms. The van der Waals surface area contributed by atoms with Crippen LogP contribution in [0.2, 0.25) is 0 Å². The van der Waals surface area contributed by atoms with E-state index in [-0.39, 0.29) is 0 Å². The molecular formula is C15H22N2. The number of hydrogen-bond donors (Lipinski definition) is 1. The zero-order valence-corrected chi connectivity index (χ0v) is 10.7. The highest BCUT2D eigenvalue weighted by atomic mass is 15.1. The summed E-state index contributed by atoms with van der Waals surface area (Å²) >= 11 is 0. The highest BCUT2D eigenvalue weighted by Gasteiger charge is 2.13. The van der Waals surface area contributed by atoms with Crippen molar-refractivity contribution in [2.45, 2.75) is 26.4 Å². The Balaban J connectivity index is 2.17. The molecule has 17 heavy (non-hydrogen) atoms. The Morgan fingerprint density at radius 2 is 2.35 bits per heavy atom. The minimum absolute atomic E-state index is 0.971. The van der Waals surface area contributed by atoms with E-state index in [2.05, 4.69) is 41.9 Å². The van der Waals surface area contributed by atoms with Gasteiger partial charge in [0.1, 0.15) is 0 Å². The van der Waals surface area contributed by atoms with E-state index in [1.165, 1.54) is 11.1 Å². The molecule has 1 aliphatic rings. The minimum atomic E-state index is 0.971. The maximum Gasteiger partial charge on any atom is 0.0239 e. The summed E-state index contributed by atoms with van der Waals surface area (Å²) < 4.78 is 0. The van der Waals surface area contributed by atoms with Crippen LogP contribution >= 0.6 is 0 Å². The zero-order chi connectivity index (χ0) is 12.1. The van der Waals surface area contributed by atoms with Crippen LogP contribution in [0.5, 0.6) is 0 Å². The third-order valence-electron chi connectivity index (χ3n) is 3.47. The van der Waals surface area contributed by atoms with Crippen molar-refractivity contribution >= 4 is 0 Å². The largest absolute Gasteiger partial charge is 0.312 e. The third kappa shape index (κ3) is 2.96. The van der Waals surface area contributed by atoms with Crippen molar-refractivity contribution in [2.24, 2.45) is 0 Å². The predicted octanol–water partition coefficient (Wildman–Crippen LogP) is 2.34. The Bertz CT molecular complexity index is 385. The topological polar surface area (TPSA) is 15.3 Å². The second-order valence-corrected chi connectivity index (χ2v) is 4.60. The van der Waals surface area contributed by atoms with Crippen LogP contribution in [0.4, 0.5) is 0 Å². The first-order valence-corrected chi connectivity index (χ1v) is 6.48. The van der Waals surface area contributed by atoms with Crippen LogP contribution in [0, 0.1) is 0 Å². The fraction of sp³-hybridized carbons (Fsp3) is 0.467. The van der Waals surface area contributed by atoms with E-state index in [9.17, 15) is 0 Å². The fourth-order valence-electron chi connectivity index (χ4n) is 2.49. The number of nitrogens with one attached hydrogen (secondary N) is 1. The second-order valence-electron chi connectivity index (χ2n) is 4.60. The summed E-state index contributed by atoms with van der Waals surface area (Å²) in [4.78, 5) is 2.42. The Morgan fingerprint density at radius 3 is 3.12 bits per heavy atom. The fourth-order valence-corrected chi connectivity index (χ4v) is 2.49. The first kappa shape index (κ1) is 12.3. The normalized spacial score (nSPS) is 14.7. The number of rotatable bonds is 5. The molecule has 1 N–H and O–H groups in total. The lowest BCUT2D eigenvalue weighted by Crippen LogP contribution is -2.27. The first-order valence-electron chi connectivity index (χ1n) is 6.48. The van der Waals surface area contributed by atoms with Crippen LogP contribution in [0.15, 0.2) is 30.9 Å². The summed E-state index contributed by atoms with van der Waals surface area (Å²) in [6.45, 7) is 11.3. The van der Waals surface area contributed by atoms with Crippen molar-refractivity contribution in [1.82, 2.24) is 10.2 Å². The van der Waals surface area contributed by atoms with E-state index in [1.807, 2.05) is 6.08 Å². The van der Waals surface area contributed by atoms with E-state index in [0.29, 0.717) is 0 Å². The lowest BCUT2D eigenvalue weighted by Gasteiger charge is -2.24. The van der Waals surface area contributed by atoms with Crippen LogP contribution in [0.1, 0.15) is 23.6 Å². The highest BCUT2D eigenvalue weighted by Crippen LogP contribution is 2.20. The minimum Gasteiger partial charge on any atom is -0.312 e. The predicted molar refractivity (Wildman–Crippen MR) is 73.0 cm³/mol. The number of nitrogens with zero attached hydrogens (tertiary/aromatic N) is 1. The van der Waals surface area contributed by atoms with Gasteiger partial charge in [-0.15, -0.1) is 6.58 Å². The first-order chi connectivity index (χ1) is 8.35. The molecule has 1 aromatic rings. The molecule has 0 atom stereocenters. The molecule has 0 bridgehead atoms. The molecule has 92 valence electrons. The summed E-state index contributed by atoms with van der Waals surface area (Å²) in [5, 5.41) is 3.43. The summed E-state index contributed by atoms with van der Waals surface area (Å²) in [7, 11) is 0. The molecule has 0 unspecified atom stereocenters. The molecule has 0 spiro atoms. The van der Waals surface area contributed by atoms with E-state index in [0.717, 1.165) is 39.1 Å². The monoisotopic (exact) mass is 230 g/mol. The standard InChI is InChI=1S/C15H22N2/c1-3-10-17(4-2)12-14-7-5-6-13-11-16-9-8-15(13)14/h3,5-7,16H,1,4,8-12H2,2H3. The summed E-state index contributed by atoms with van der Waals surface area (Å²) in [5.41, 5.74) is 4.53. The molecule has 1 aromatic carbocycles. The van der Waals surface area contributed by atoms with Gasteiger partial charge in [-0.1, -0.05) is 31.2 Å². The van der Waals surface area contributed by atoms with E-state index < -0.39 is 0 Å². The number of fused-ring (bicyclic) bond motifs is 1. The number of likely N-dealkylation sites (N-methyl/N-ethyl adjacent to an activating group) is 1. The zero-order valence-electron chi connectivity index (χ0n) is 10.7. The van der Waals surface area contributed by atoms with E-state index in [4.69, 9.17) is 0 Å². The average Bonchev–Trinajstić information content (AvgIpc) is 2.38. The van der Waals surface area contributed by atoms with Gasteiger partial charge in [-0.05, 0) is 36.2 Å². The Kier molecular flexibility index (Phi) is 4.35. The lowest BCUT2D eigenvalue weighted by atomic mass is 9.95. The molecular weight excluding hydrogens is 208 g/mol. The third-order valence-corrected chi connectivity index (χ3v) is 3.47. The van der Waals surface area contributed by atoms with Gasteiger partial charge in [0, 0.05) is 19.6 Å². The van der Waals surface area contributed by atoms with Gasteiger partial charge < -0.3 is 5.32 Å². The van der Waals surface area contributed by atoms with Gasteiger partial charge in [0.15, 0.2) is 0 Å². The van der Waals surface area contributed by atoms with Crippen molar-refractivity contribution in [3.63, 3.8) is 0 Å². The smallest absolute Gasteiger partial charge is 0.0239 e. The molecule has 2 nitrogen and oxygen atoms in total. The lowest BCUT2D eigenvalue weighted by molar-refractivity contribution is 0.310. The van der Waals surface area contributed by atoms with Gasteiger partial charge >= 0.3 is 0 Å². The van der Waals surface area contributed by atoms with Gasteiger partial charge in [0.25, 0.3) is 0 Å². The Hall–Kier alpha value is -1.12. The van der Waals surface area contributed by atoms with E-state index >= 15 is 0 Å². The van der Waals surface area contributed by atoms with Gasteiger partial charge in [0.2, 0.25) is 0 Å². The molecule has 0 saturated heterocycles. The maximum absolute atomic E-state index is 3.83. The Morgan fingerprint density at radius 1 is 1.47 bits per heavy atom. The molecule has 1 aliphatic heterocycles. The van der Waals surface area contributed by atoms with Crippen molar-refractivity contribution in [3.8, 4) is 0 Å². The van der Waals surface area contributed by atoms with Crippen molar-refractivity contribution in [2.75, 3.05) is 19.6 Å². The van der Waals surface area contributed by atoms with Gasteiger partial charge in [0.05, 0.1) is 0 Å². The molecule has 0 radical (unpaired) electrons. The van der Waals surface area contributed by atoms with Crippen molar-refractivity contribution in [1.29, 1.82) is 0 Å². The molecule has 0 aliphatic carbocycles. The van der Waals surface area contributed by atoms with Crippen LogP contribution in [-0.4, -0.2) is 24.5 Å². The van der Waals surface area contributed by atoms with Crippen molar-refractivity contribution in [3.05, 3.63) is 47.5 Å². The average molecular weight is 230 g/mol. The summed E-state index contributed by atoms with van der Waals surface area (Å²) in [6.07, 6.45) is 3.15. The Labute approximate surface area is 104 Å². The molecule has 1 heterocycles. The van der Waals surface area contributed by atoms with Crippen LogP contribution in [0.25, 0.3) is 0 Å². The molecule has 0 saturated carbocycles. The van der Waals surface area contributed by atoms with Crippen LogP contribution in [-0.2, 0) is 19.5 Å². The summed E-state index contributed by atoms with van der Waals surface area (Å²) in [5.74, 6) is 0. The molecule has 0 fully saturated rings. The molecule has 2 rings (SSSR count). The van der Waals surface area contributed by atoms with Gasteiger partial charge in [-0.3, -0.25) is 4.90 Å². The highest BCUT2D eigenvalue weighted by molar-refractivity contribution is 5.37. The van der Waals surface area contributed by atoms with Crippen LogP contribution < -0.4 is 5.32 Å². The molecule has 0 aromatic heterocycles. The maximum atomic E-state index is 3.83. The van der Waals surface area contributed by atoms with Crippen molar-refractivity contribution < 1.29 is 0 Å². The summed E-state index contributed by atoms with van der Waals surface area (Å²) in [6, 6.07) is 6.70. The SMILES string of the molecule is C=CCN(CC)Cc1cccc2c1CCNC2. The van der Waals surface area contributed by atoms with Gasteiger partial charge in [-0.2, -0.15) is 0 Å². The van der Waals surface area contributed by atoms with Crippen LogP contribution in [0.3, 0.4) is 0 Å². The quantitative estimate of drug-likeness (QED) is 0.781. The van der Waals surface area contributed by atoms with E-state index in [1.54, 1.807) is 5.56 Å². The number of hydrogen-bond acceptors (Lipinski definition) is 2. The number of benzene rings is 1.